The lowest BCUT2D eigenvalue weighted by Gasteiger charge is -2.15. The molecule has 0 radical (unpaired) electrons. The Bertz CT molecular complexity index is 458. The standard InChI is InChI=1S/C17H26BrNO2/c1-12(2)10-19-11-14-8-15(18)17(16(9-14)20-3)21-7-6-13-4-5-13/h8-9,12-13,19H,4-7,10-11H2,1-3H3. The molecule has 118 valence electrons. The molecule has 21 heavy (non-hydrogen) atoms. The van der Waals surface area contributed by atoms with Crippen LogP contribution in [0.3, 0.4) is 0 Å². The molecule has 2 rings (SSSR count). The molecule has 4 heteroatoms. The second-order valence-corrected chi connectivity index (χ2v) is 7.07. The average molecular weight is 356 g/mol. The van der Waals surface area contributed by atoms with Crippen LogP contribution in [-0.2, 0) is 6.54 Å². The molecule has 0 aliphatic heterocycles. The topological polar surface area (TPSA) is 30.5 Å². The minimum atomic E-state index is 0.653. The molecule has 0 aromatic heterocycles. The zero-order chi connectivity index (χ0) is 15.2. The lowest BCUT2D eigenvalue weighted by molar-refractivity contribution is 0.281. The number of methoxy groups -OCH3 is 1. The summed E-state index contributed by atoms with van der Waals surface area (Å²) in [5.41, 5.74) is 1.20. The van der Waals surface area contributed by atoms with E-state index in [4.69, 9.17) is 9.47 Å². The number of rotatable bonds is 9. The average Bonchev–Trinajstić information content (AvgIpc) is 3.24. The van der Waals surface area contributed by atoms with E-state index in [2.05, 4.69) is 47.2 Å². The quantitative estimate of drug-likeness (QED) is 0.712. The third-order valence-electron chi connectivity index (χ3n) is 3.64. The number of hydrogen-bond acceptors (Lipinski definition) is 3. The van der Waals surface area contributed by atoms with Gasteiger partial charge in [0.15, 0.2) is 11.5 Å². The fourth-order valence-corrected chi connectivity index (χ4v) is 2.86. The molecule has 0 bridgehead atoms. The highest BCUT2D eigenvalue weighted by Crippen LogP contribution is 2.38. The molecule has 0 unspecified atom stereocenters. The highest BCUT2D eigenvalue weighted by atomic mass is 79.9. The summed E-state index contributed by atoms with van der Waals surface area (Å²) in [6.45, 7) is 7.04. The third kappa shape index (κ3) is 5.51. The van der Waals surface area contributed by atoms with Crippen molar-refractivity contribution in [2.45, 2.75) is 39.7 Å². The van der Waals surface area contributed by atoms with E-state index < -0.39 is 0 Å². The highest BCUT2D eigenvalue weighted by molar-refractivity contribution is 9.10. The number of ether oxygens (including phenoxy) is 2. The van der Waals surface area contributed by atoms with Crippen molar-refractivity contribution < 1.29 is 9.47 Å². The van der Waals surface area contributed by atoms with E-state index in [1.54, 1.807) is 7.11 Å². The molecule has 1 aliphatic carbocycles. The Kier molecular flexibility index (Phi) is 6.37. The summed E-state index contributed by atoms with van der Waals surface area (Å²) in [6, 6.07) is 4.17. The van der Waals surface area contributed by atoms with Gasteiger partial charge in [0.25, 0.3) is 0 Å². The van der Waals surface area contributed by atoms with Crippen LogP contribution in [0.5, 0.6) is 11.5 Å². The smallest absolute Gasteiger partial charge is 0.175 e. The van der Waals surface area contributed by atoms with E-state index in [0.29, 0.717) is 5.92 Å². The molecule has 1 N–H and O–H groups in total. The number of hydrogen-bond donors (Lipinski definition) is 1. The lowest BCUT2D eigenvalue weighted by atomic mass is 10.1. The van der Waals surface area contributed by atoms with Crippen molar-refractivity contribution in [3.8, 4) is 11.5 Å². The predicted molar refractivity (Wildman–Crippen MR) is 90.1 cm³/mol. The summed E-state index contributed by atoms with van der Waals surface area (Å²) >= 11 is 3.61. The molecule has 1 aliphatic rings. The molecule has 0 saturated heterocycles. The van der Waals surface area contributed by atoms with E-state index in [9.17, 15) is 0 Å². The largest absolute Gasteiger partial charge is 0.493 e. The molecule has 0 atom stereocenters. The zero-order valence-electron chi connectivity index (χ0n) is 13.2. The third-order valence-corrected chi connectivity index (χ3v) is 4.23. The van der Waals surface area contributed by atoms with Gasteiger partial charge in [-0.25, -0.2) is 0 Å². The van der Waals surface area contributed by atoms with Gasteiger partial charge >= 0.3 is 0 Å². The van der Waals surface area contributed by atoms with Crippen LogP contribution in [0.1, 0.15) is 38.7 Å². The highest BCUT2D eigenvalue weighted by Gasteiger charge is 2.21. The van der Waals surface area contributed by atoms with Gasteiger partial charge in [-0.2, -0.15) is 0 Å². The van der Waals surface area contributed by atoms with Gasteiger partial charge in [0, 0.05) is 6.54 Å². The SMILES string of the molecule is COc1cc(CNCC(C)C)cc(Br)c1OCCC1CC1. The van der Waals surface area contributed by atoms with Gasteiger partial charge in [-0.15, -0.1) is 0 Å². The van der Waals surface area contributed by atoms with Crippen molar-refractivity contribution in [1.29, 1.82) is 0 Å². The van der Waals surface area contributed by atoms with Crippen molar-refractivity contribution in [2.24, 2.45) is 11.8 Å². The van der Waals surface area contributed by atoms with E-state index in [-0.39, 0.29) is 0 Å². The Labute approximate surface area is 136 Å². The molecule has 1 saturated carbocycles. The summed E-state index contributed by atoms with van der Waals surface area (Å²) < 4.78 is 12.4. The summed E-state index contributed by atoms with van der Waals surface area (Å²) in [5.74, 6) is 3.17. The Morgan fingerprint density at radius 3 is 2.71 bits per heavy atom. The van der Waals surface area contributed by atoms with Gasteiger partial charge in [0.1, 0.15) is 0 Å². The first kappa shape index (κ1) is 16.6. The number of halogens is 1. The normalized spacial score (nSPS) is 14.5. The Hall–Kier alpha value is -0.740. The molecular formula is C17H26BrNO2. The molecule has 1 aromatic carbocycles. The van der Waals surface area contributed by atoms with E-state index >= 15 is 0 Å². The molecule has 3 nitrogen and oxygen atoms in total. The Balaban J connectivity index is 1.96. The molecule has 0 amide bonds. The Morgan fingerprint density at radius 1 is 1.33 bits per heavy atom. The van der Waals surface area contributed by atoms with Crippen molar-refractivity contribution in [3.05, 3.63) is 22.2 Å². The summed E-state index contributed by atoms with van der Waals surface area (Å²) in [4.78, 5) is 0. The maximum absolute atomic E-state index is 5.92. The van der Waals surface area contributed by atoms with Crippen LogP contribution in [0.15, 0.2) is 16.6 Å². The van der Waals surface area contributed by atoms with Crippen LogP contribution < -0.4 is 14.8 Å². The molecule has 0 heterocycles. The lowest BCUT2D eigenvalue weighted by Crippen LogP contribution is -2.19. The zero-order valence-corrected chi connectivity index (χ0v) is 14.8. The molecule has 1 aromatic rings. The van der Waals surface area contributed by atoms with Gasteiger partial charge in [0.2, 0.25) is 0 Å². The monoisotopic (exact) mass is 355 g/mol. The second kappa shape index (κ2) is 8.04. The van der Waals surface area contributed by atoms with Crippen LogP contribution >= 0.6 is 15.9 Å². The van der Waals surface area contributed by atoms with Crippen LogP contribution in [0.4, 0.5) is 0 Å². The maximum Gasteiger partial charge on any atom is 0.175 e. The molecule has 0 spiro atoms. The predicted octanol–water partition coefficient (Wildman–Crippen LogP) is 4.38. The molecular weight excluding hydrogens is 330 g/mol. The first-order chi connectivity index (χ1) is 10.1. The van der Waals surface area contributed by atoms with Crippen LogP contribution in [0.25, 0.3) is 0 Å². The first-order valence-corrected chi connectivity index (χ1v) is 8.59. The van der Waals surface area contributed by atoms with E-state index in [1.807, 2.05) is 0 Å². The van der Waals surface area contributed by atoms with Gasteiger partial charge in [-0.1, -0.05) is 26.7 Å². The van der Waals surface area contributed by atoms with Crippen LogP contribution in [-0.4, -0.2) is 20.3 Å². The van der Waals surface area contributed by atoms with E-state index in [0.717, 1.165) is 48.0 Å². The van der Waals surface area contributed by atoms with Crippen LogP contribution in [0.2, 0.25) is 0 Å². The van der Waals surface area contributed by atoms with E-state index in [1.165, 1.54) is 18.4 Å². The van der Waals surface area contributed by atoms with Crippen LogP contribution in [0, 0.1) is 11.8 Å². The van der Waals surface area contributed by atoms with Crippen molar-refractivity contribution in [2.75, 3.05) is 20.3 Å². The summed E-state index contributed by atoms with van der Waals surface area (Å²) in [6.07, 6.45) is 3.87. The van der Waals surface area contributed by atoms with Gasteiger partial charge in [0.05, 0.1) is 18.2 Å². The minimum absolute atomic E-state index is 0.653. The van der Waals surface area contributed by atoms with Crippen molar-refractivity contribution >= 4 is 15.9 Å². The maximum atomic E-state index is 5.92. The van der Waals surface area contributed by atoms with Gasteiger partial charge < -0.3 is 14.8 Å². The fourth-order valence-electron chi connectivity index (χ4n) is 2.25. The molecule has 1 fully saturated rings. The number of benzene rings is 1. The Morgan fingerprint density at radius 2 is 2.10 bits per heavy atom. The first-order valence-electron chi connectivity index (χ1n) is 7.80. The van der Waals surface area contributed by atoms with Gasteiger partial charge in [-0.3, -0.25) is 0 Å². The fraction of sp³-hybridized carbons (Fsp3) is 0.647. The summed E-state index contributed by atoms with van der Waals surface area (Å²) in [5, 5.41) is 3.45. The summed E-state index contributed by atoms with van der Waals surface area (Å²) in [7, 11) is 1.70. The minimum Gasteiger partial charge on any atom is -0.493 e. The van der Waals surface area contributed by atoms with Crippen molar-refractivity contribution in [1.82, 2.24) is 5.32 Å². The second-order valence-electron chi connectivity index (χ2n) is 6.21. The van der Waals surface area contributed by atoms with Crippen molar-refractivity contribution in [3.63, 3.8) is 0 Å². The number of nitrogens with one attached hydrogen (secondary N) is 1. The van der Waals surface area contributed by atoms with Gasteiger partial charge in [-0.05, 0) is 58.4 Å².